The number of aliphatic hydroxyl groups is 1. The Morgan fingerprint density at radius 1 is 1.18 bits per heavy atom. The summed E-state index contributed by atoms with van der Waals surface area (Å²) in [6, 6.07) is 0. The van der Waals surface area contributed by atoms with Crippen LogP contribution in [-0.4, -0.2) is 47.8 Å². The van der Waals surface area contributed by atoms with Crippen LogP contribution >= 0.6 is 0 Å². The Hall–Kier alpha value is -0.120. The average molecular weight is 242 g/mol. The van der Waals surface area contributed by atoms with Gasteiger partial charge in [-0.25, -0.2) is 0 Å². The van der Waals surface area contributed by atoms with Crippen LogP contribution in [0.25, 0.3) is 0 Å². The summed E-state index contributed by atoms with van der Waals surface area (Å²) in [4.78, 5) is 2.27. The van der Waals surface area contributed by atoms with Crippen LogP contribution in [-0.2, 0) is 0 Å². The molecule has 0 heterocycles. The molecule has 1 saturated carbocycles. The molecular formula is C14H30N2O. The van der Waals surface area contributed by atoms with Gasteiger partial charge in [-0.1, -0.05) is 33.1 Å². The van der Waals surface area contributed by atoms with Gasteiger partial charge in [-0.05, 0) is 32.9 Å². The van der Waals surface area contributed by atoms with Crippen molar-refractivity contribution in [3.63, 3.8) is 0 Å². The lowest BCUT2D eigenvalue weighted by Crippen LogP contribution is -2.49. The molecule has 1 aliphatic carbocycles. The van der Waals surface area contributed by atoms with Crippen molar-refractivity contribution in [2.75, 3.05) is 26.2 Å². The van der Waals surface area contributed by atoms with Crippen molar-refractivity contribution in [2.24, 2.45) is 0 Å². The fraction of sp³-hybridized carbons (Fsp3) is 1.00. The second kappa shape index (κ2) is 7.34. The Balaban J connectivity index is 2.24. The molecule has 1 atom stereocenters. The van der Waals surface area contributed by atoms with E-state index in [0.717, 1.165) is 26.2 Å². The number of hydrogen-bond donors (Lipinski definition) is 2. The van der Waals surface area contributed by atoms with E-state index in [0.29, 0.717) is 0 Å². The summed E-state index contributed by atoms with van der Waals surface area (Å²) < 4.78 is 0. The minimum atomic E-state index is -0.242. The fourth-order valence-electron chi connectivity index (χ4n) is 2.72. The zero-order valence-corrected chi connectivity index (χ0v) is 11.8. The molecule has 1 aliphatic rings. The number of hydrogen-bond acceptors (Lipinski definition) is 3. The van der Waals surface area contributed by atoms with Gasteiger partial charge in [0.15, 0.2) is 0 Å². The van der Waals surface area contributed by atoms with Crippen molar-refractivity contribution in [2.45, 2.75) is 64.5 Å². The molecule has 0 aromatic heterocycles. The lowest BCUT2D eigenvalue weighted by Gasteiger charge is -2.36. The van der Waals surface area contributed by atoms with Crippen molar-refractivity contribution in [1.29, 1.82) is 0 Å². The maximum atomic E-state index is 10.0. The first kappa shape index (κ1) is 14.9. The Bertz CT molecular complexity index is 198. The van der Waals surface area contributed by atoms with E-state index in [4.69, 9.17) is 0 Å². The van der Waals surface area contributed by atoms with E-state index in [2.05, 4.69) is 31.0 Å². The van der Waals surface area contributed by atoms with E-state index in [1.54, 1.807) is 0 Å². The smallest absolute Gasteiger partial charge is 0.0791 e. The van der Waals surface area contributed by atoms with Crippen LogP contribution in [0.15, 0.2) is 0 Å². The number of nitrogens with one attached hydrogen (secondary N) is 1. The molecule has 0 amide bonds. The third kappa shape index (κ3) is 5.36. The molecule has 1 fully saturated rings. The summed E-state index contributed by atoms with van der Waals surface area (Å²) in [7, 11) is 0. The molecule has 3 nitrogen and oxygen atoms in total. The maximum absolute atomic E-state index is 10.0. The first-order valence-electron chi connectivity index (χ1n) is 7.25. The van der Waals surface area contributed by atoms with Gasteiger partial charge in [0, 0.05) is 18.6 Å². The summed E-state index contributed by atoms with van der Waals surface area (Å²) in [5.74, 6) is 0. The van der Waals surface area contributed by atoms with Crippen molar-refractivity contribution in [3.05, 3.63) is 0 Å². The summed E-state index contributed by atoms with van der Waals surface area (Å²) in [5, 5.41) is 13.6. The number of aliphatic hydroxyl groups excluding tert-OH is 1. The second-order valence-corrected chi connectivity index (χ2v) is 5.64. The number of likely N-dealkylation sites (N-methyl/N-ethyl adjacent to an activating group) is 1. The lowest BCUT2D eigenvalue weighted by molar-refractivity contribution is 0.102. The van der Waals surface area contributed by atoms with Crippen LogP contribution in [0.5, 0.6) is 0 Å². The largest absolute Gasteiger partial charge is 0.390 e. The maximum Gasteiger partial charge on any atom is 0.0791 e. The van der Waals surface area contributed by atoms with Crippen LogP contribution < -0.4 is 5.32 Å². The Kier molecular flexibility index (Phi) is 6.45. The molecule has 0 aromatic rings. The van der Waals surface area contributed by atoms with Crippen LogP contribution in [0.1, 0.15) is 52.9 Å². The van der Waals surface area contributed by atoms with E-state index >= 15 is 0 Å². The highest BCUT2D eigenvalue weighted by Gasteiger charge is 2.26. The Morgan fingerprint density at radius 3 is 2.29 bits per heavy atom. The highest BCUT2D eigenvalue weighted by molar-refractivity contribution is 4.87. The molecule has 0 aromatic carbocycles. The highest BCUT2D eigenvalue weighted by atomic mass is 16.3. The van der Waals surface area contributed by atoms with Crippen LogP contribution in [0.3, 0.4) is 0 Å². The molecule has 1 rings (SSSR count). The van der Waals surface area contributed by atoms with Crippen LogP contribution in [0.2, 0.25) is 0 Å². The lowest BCUT2D eigenvalue weighted by atomic mass is 9.83. The zero-order valence-electron chi connectivity index (χ0n) is 11.8. The van der Waals surface area contributed by atoms with Gasteiger partial charge in [0.05, 0.1) is 6.10 Å². The van der Waals surface area contributed by atoms with E-state index < -0.39 is 0 Å². The fourth-order valence-corrected chi connectivity index (χ4v) is 2.72. The minimum absolute atomic E-state index is 0.242. The Morgan fingerprint density at radius 2 is 1.76 bits per heavy atom. The predicted octanol–water partition coefficient (Wildman–Crippen LogP) is 2.00. The van der Waals surface area contributed by atoms with Gasteiger partial charge >= 0.3 is 0 Å². The third-order valence-corrected chi connectivity index (χ3v) is 4.08. The minimum Gasteiger partial charge on any atom is -0.390 e. The molecule has 0 aliphatic heterocycles. The average Bonchev–Trinajstić information content (AvgIpc) is 2.34. The van der Waals surface area contributed by atoms with Gasteiger partial charge in [-0.3, -0.25) is 0 Å². The summed E-state index contributed by atoms with van der Waals surface area (Å²) >= 11 is 0. The molecule has 17 heavy (non-hydrogen) atoms. The standard InChI is InChI=1S/C14H30N2O/c1-4-16(5-2)12-13(17)11-15-14(3)9-7-6-8-10-14/h13,15,17H,4-12H2,1-3H3. The first-order chi connectivity index (χ1) is 8.09. The van der Waals surface area contributed by atoms with Crippen molar-refractivity contribution in [1.82, 2.24) is 10.2 Å². The molecule has 1 unspecified atom stereocenters. The van der Waals surface area contributed by atoms with Crippen molar-refractivity contribution in [3.8, 4) is 0 Å². The monoisotopic (exact) mass is 242 g/mol. The van der Waals surface area contributed by atoms with Gasteiger partial charge in [0.2, 0.25) is 0 Å². The van der Waals surface area contributed by atoms with Gasteiger partial charge in [0.1, 0.15) is 0 Å². The predicted molar refractivity (Wildman–Crippen MR) is 73.3 cm³/mol. The van der Waals surface area contributed by atoms with Gasteiger partial charge in [-0.2, -0.15) is 0 Å². The molecule has 0 spiro atoms. The summed E-state index contributed by atoms with van der Waals surface area (Å²) in [6.45, 7) is 10.1. The normalized spacial score (nSPS) is 21.7. The first-order valence-corrected chi connectivity index (χ1v) is 7.25. The Labute approximate surface area is 107 Å². The number of rotatable bonds is 7. The highest BCUT2D eigenvalue weighted by Crippen LogP contribution is 2.27. The second-order valence-electron chi connectivity index (χ2n) is 5.64. The van der Waals surface area contributed by atoms with Crippen LogP contribution in [0.4, 0.5) is 0 Å². The van der Waals surface area contributed by atoms with Crippen LogP contribution in [0, 0.1) is 0 Å². The quantitative estimate of drug-likeness (QED) is 0.717. The molecule has 3 heteroatoms. The third-order valence-electron chi connectivity index (χ3n) is 4.08. The summed E-state index contributed by atoms with van der Waals surface area (Å²) in [6.07, 6.45) is 6.30. The van der Waals surface area contributed by atoms with Crippen molar-refractivity contribution >= 4 is 0 Å². The topological polar surface area (TPSA) is 35.5 Å². The van der Waals surface area contributed by atoms with E-state index in [1.165, 1.54) is 32.1 Å². The van der Waals surface area contributed by atoms with E-state index in [-0.39, 0.29) is 11.6 Å². The van der Waals surface area contributed by atoms with E-state index in [9.17, 15) is 5.11 Å². The molecule has 2 N–H and O–H groups in total. The van der Waals surface area contributed by atoms with E-state index in [1.807, 2.05) is 0 Å². The zero-order chi connectivity index (χ0) is 12.7. The van der Waals surface area contributed by atoms with Crippen molar-refractivity contribution < 1.29 is 5.11 Å². The summed E-state index contributed by atoms with van der Waals surface area (Å²) in [5.41, 5.74) is 0.266. The number of nitrogens with zero attached hydrogens (tertiary/aromatic N) is 1. The molecule has 0 radical (unpaired) electrons. The molecule has 0 bridgehead atoms. The molecular weight excluding hydrogens is 212 g/mol. The SMILES string of the molecule is CCN(CC)CC(O)CNC1(C)CCCCC1. The molecule has 0 saturated heterocycles. The van der Waals surface area contributed by atoms with Gasteiger partial charge in [-0.15, -0.1) is 0 Å². The van der Waals surface area contributed by atoms with Gasteiger partial charge in [0.25, 0.3) is 0 Å². The number of β-amino-alcohol motifs (C(OH)–C–C–N with tert-alkyl or cyclic N) is 1. The molecule has 102 valence electrons. The van der Waals surface area contributed by atoms with Gasteiger partial charge < -0.3 is 15.3 Å².